The summed E-state index contributed by atoms with van der Waals surface area (Å²) in [5.41, 5.74) is 3.29. The normalized spacial score (nSPS) is 22.2. The maximum absolute atomic E-state index is 12.6. The number of Topliss-reactive ketones (excluding diaryl/α,β-unsaturated/α-hetero) is 1. The van der Waals surface area contributed by atoms with Crippen molar-refractivity contribution in [1.82, 2.24) is 4.90 Å². The fraction of sp³-hybridized carbons (Fsp3) is 0.562. The smallest absolute Gasteiger partial charge is 0.179 e. The Morgan fingerprint density at radius 1 is 1.37 bits per heavy atom. The lowest BCUT2D eigenvalue weighted by atomic mass is 9.99. The largest absolute Gasteiger partial charge is 0.292 e. The first-order valence-corrected chi connectivity index (χ1v) is 8.01. The molecule has 3 heteroatoms. The fourth-order valence-corrected chi connectivity index (χ4v) is 3.54. The van der Waals surface area contributed by atoms with Crippen LogP contribution in [0.4, 0.5) is 0 Å². The molecule has 104 valence electrons. The molecule has 0 aromatic heterocycles. The van der Waals surface area contributed by atoms with Gasteiger partial charge in [0.25, 0.3) is 0 Å². The van der Waals surface area contributed by atoms with Crippen LogP contribution in [-0.2, 0) is 0 Å². The summed E-state index contributed by atoms with van der Waals surface area (Å²) in [6.07, 6.45) is 0. The number of carbonyl (C=O) groups is 1. The SMILES string of the molecule is Cc1ccc(C(=O)C(C)N2CCSC(C)C2)cc1C. The van der Waals surface area contributed by atoms with E-state index in [1.807, 2.05) is 36.9 Å². The number of rotatable bonds is 3. The van der Waals surface area contributed by atoms with Crippen LogP contribution < -0.4 is 0 Å². The van der Waals surface area contributed by atoms with Crippen LogP contribution in [0.2, 0.25) is 0 Å². The number of nitrogens with zero attached hydrogens (tertiary/aromatic N) is 1. The van der Waals surface area contributed by atoms with Gasteiger partial charge in [-0.15, -0.1) is 0 Å². The second kappa shape index (κ2) is 6.10. The summed E-state index contributed by atoms with van der Waals surface area (Å²) in [6.45, 7) is 10.5. The molecule has 0 amide bonds. The Morgan fingerprint density at radius 3 is 2.74 bits per heavy atom. The van der Waals surface area contributed by atoms with Crippen molar-refractivity contribution in [2.24, 2.45) is 0 Å². The van der Waals surface area contributed by atoms with E-state index >= 15 is 0 Å². The predicted molar refractivity (Wildman–Crippen MR) is 83.2 cm³/mol. The Kier molecular flexibility index (Phi) is 4.69. The number of hydrogen-bond donors (Lipinski definition) is 0. The number of aryl methyl sites for hydroxylation is 2. The zero-order valence-corrected chi connectivity index (χ0v) is 13.1. The predicted octanol–water partition coefficient (Wildman–Crippen LogP) is 3.31. The molecule has 2 rings (SSSR count). The molecule has 2 atom stereocenters. The second-order valence-electron chi connectivity index (χ2n) is 5.52. The van der Waals surface area contributed by atoms with Gasteiger partial charge in [-0.05, 0) is 38.0 Å². The van der Waals surface area contributed by atoms with Crippen molar-refractivity contribution < 1.29 is 4.79 Å². The van der Waals surface area contributed by atoms with Gasteiger partial charge >= 0.3 is 0 Å². The lowest BCUT2D eigenvalue weighted by Gasteiger charge is -2.34. The summed E-state index contributed by atoms with van der Waals surface area (Å²) in [5, 5.41) is 0.628. The summed E-state index contributed by atoms with van der Waals surface area (Å²) in [5.74, 6) is 1.38. The van der Waals surface area contributed by atoms with Gasteiger partial charge in [0.15, 0.2) is 5.78 Å². The third kappa shape index (κ3) is 3.40. The first-order chi connectivity index (χ1) is 8.99. The Labute approximate surface area is 120 Å². The zero-order valence-electron chi connectivity index (χ0n) is 12.3. The van der Waals surface area contributed by atoms with E-state index in [2.05, 4.69) is 25.7 Å². The van der Waals surface area contributed by atoms with Gasteiger partial charge in [-0.2, -0.15) is 11.8 Å². The van der Waals surface area contributed by atoms with Gasteiger partial charge in [0.2, 0.25) is 0 Å². The van der Waals surface area contributed by atoms with Gasteiger partial charge in [-0.3, -0.25) is 9.69 Å². The number of carbonyl (C=O) groups excluding carboxylic acids is 1. The van der Waals surface area contributed by atoms with E-state index in [0.717, 1.165) is 24.4 Å². The van der Waals surface area contributed by atoms with E-state index in [1.54, 1.807) is 0 Å². The molecule has 1 heterocycles. The van der Waals surface area contributed by atoms with E-state index in [-0.39, 0.29) is 11.8 Å². The molecule has 2 unspecified atom stereocenters. The Bertz CT molecular complexity index is 472. The van der Waals surface area contributed by atoms with E-state index in [0.29, 0.717) is 5.25 Å². The Hall–Kier alpha value is -0.800. The molecular formula is C16H23NOS. The number of thioether (sulfide) groups is 1. The Balaban J connectivity index is 2.11. The van der Waals surface area contributed by atoms with Crippen LogP contribution in [0, 0.1) is 13.8 Å². The topological polar surface area (TPSA) is 20.3 Å². The van der Waals surface area contributed by atoms with Gasteiger partial charge < -0.3 is 0 Å². The molecule has 1 saturated heterocycles. The number of benzene rings is 1. The summed E-state index contributed by atoms with van der Waals surface area (Å²) in [4.78, 5) is 14.9. The van der Waals surface area contributed by atoms with E-state index in [1.165, 1.54) is 11.1 Å². The van der Waals surface area contributed by atoms with Crippen molar-refractivity contribution in [2.45, 2.75) is 39.0 Å². The van der Waals surface area contributed by atoms with Crippen LogP contribution in [0.5, 0.6) is 0 Å². The number of ketones is 1. The average molecular weight is 277 g/mol. The molecule has 2 nitrogen and oxygen atoms in total. The highest BCUT2D eigenvalue weighted by molar-refractivity contribution is 7.99. The molecule has 1 aromatic rings. The maximum atomic E-state index is 12.6. The van der Waals surface area contributed by atoms with Crippen molar-refractivity contribution in [2.75, 3.05) is 18.8 Å². The molecule has 19 heavy (non-hydrogen) atoms. The van der Waals surface area contributed by atoms with Crippen LogP contribution in [0.1, 0.15) is 35.3 Å². The summed E-state index contributed by atoms with van der Waals surface area (Å²) < 4.78 is 0. The van der Waals surface area contributed by atoms with Crippen LogP contribution in [0.25, 0.3) is 0 Å². The third-order valence-electron chi connectivity index (χ3n) is 3.99. The molecule has 0 aliphatic carbocycles. The quantitative estimate of drug-likeness (QED) is 0.791. The van der Waals surface area contributed by atoms with E-state index < -0.39 is 0 Å². The van der Waals surface area contributed by atoms with Crippen molar-refractivity contribution in [3.8, 4) is 0 Å². The first kappa shape index (κ1) is 14.6. The lowest BCUT2D eigenvalue weighted by molar-refractivity contribution is 0.0844. The van der Waals surface area contributed by atoms with Crippen LogP contribution in [-0.4, -0.2) is 40.8 Å². The Morgan fingerprint density at radius 2 is 2.11 bits per heavy atom. The minimum absolute atomic E-state index is 0.00884. The molecule has 1 aliphatic rings. The minimum Gasteiger partial charge on any atom is -0.292 e. The highest BCUT2D eigenvalue weighted by Gasteiger charge is 2.26. The lowest BCUT2D eigenvalue weighted by Crippen LogP contribution is -2.46. The average Bonchev–Trinajstić information content (AvgIpc) is 2.40. The van der Waals surface area contributed by atoms with Gasteiger partial charge in [0.1, 0.15) is 0 Å². The standard InChI is InChI=1S/C16H23NOS/c1-11-5-6-15(9-12(11)2)16(18)14(4)17-7-8-19-13(3)10-17/h5-6,9,13-14H,7-8,10H2,1-4H3. The fourth-order valence-electron chi connectivity index (χ4n) is 2.50. The second-order valence-corrected chi connectivity index (χ2v) is 7.06. The molecule has 1 aromatic carbocycles. The van der Waals surface area contributed by atoms with Gasteiger partial charge in [-0.1, -0.05) is 19.1 Å². The van der Waals surface area contributed by atoms with Crippen molar-refractivity contribution in [1.29, 1.82) is 0 Å². The van der Waals surface area contributed by atoms with Crippen molar-refractivity contribution in [3.63, 3.8) is 0 Å². The molecule has 0 spiro atoms. The number of hydrogen-bond acceptors (Lipinski definition) is 3. The molecule has 0 N–H and O–H groups in total. The molecule has 0 saturated carbocycles. The van der Waals surface area contributed by atoms with Gasteiger partial charge in [0.05, 0.1) is 6.04 Å². The first-order valence-electron chi connectivity index (χ1n) is 6.96. The minimum atomic E-state index is -0.00884. The molecule has 1 fully saturated rings. The van der Waals surface area contributed by atoms with Crippen LogP contribution in [0.3, 0.4) is 0 Å². The van der Waals surface area contributed by atoms with Crippen molar-refractivity contribution in [3.05, 3.63) is 34.9 Å². The molecule has 1 aliphatic heterocycles. The molecular weight excluding hydrogens is 254 g/mol. The van der Waals surface area contributed by atoms with Crippen LogP contribution >= 0.6 is 11.8 Å². The summed E-state index contributed by atoms with van der Waals surface area (Å²) in [6, 6.07) is 6.02. The maximum Gasteiger partial charge on any atom is 0.179 e. The van der Waals surface area contributed by atoms with Crippen molar-refractivity contribution >= 4 is 17.5 Å². The van der Waals surface area contributed by atoms with Gasteiger partial charge in [-0.25, -0.2) is 0 Å². The van der Waals surface area contributed by atoms with E-state index in [9.17, 15) is 4.79 Å². The molecule has 0 bridgehead atoms. The molecule has 0 radical (unpaired) electrons. The zero-order chi connectivity index (χ0) is 14.0. The van der Waals surface area contributed by atoms with Gasteiger partial charge in [0, 0.05) is 29.7 Å². The summed E-state index contributed by atoms with van der Waals surface area (Å²) >= 11 is 2.00. The highest BCUT2D eigenvalue weighted by Crippen LogP contribution is 2.21. The third-order valence-corrected chi connectivity index (χ3v) is 5.13. The monoisotopic (exact) mass is 277 g/mol. The van der Waals surface area contributed by atoms with Crippen LogP contribution in [0.15, 0.2) is 18.2 Å². The summed E-state index contributed by atoms with van der Waals surface area (Å²) in [7, 11) is 0. The van der Waals surface area contributed by atoms with E-state index in [4.69, 9.17) is 0 Å². The highest BCUT2D eigenvalue weighted by atomic mass is 32.2.